The number of carbonyl (C=O) groups excluding carboxylic acids is 1. The molecular formula is C20H41NO7. The van der Waals surface area contributed by atoms with Crippen LogP contribution in [0.5, 0.6) is 0 Å². The third-order valence-electron chi connectivity index (χ3n) is 4.87. The average molecular weight is 408 g/mol. The van der Waals surface area contributed by atoms with Gasteiger partial charge in [0.2, 0.25) is 0 Å². The summed E-state index contributed by atoms with van der Waals surface area (Å²) in [5.74, 6) is 0. The number of carbonyl (C=O) groups is 1. The van der Waals surface area contributed by atoms with Gasteiger partial charge in [-0.25, -0.2) is 4.79 Å². The van der Waals surface area contributed by atoms with Crippen LogP contribution >= 0.6 is 0 Å². The first-order chi connectivity index (χ1) is 13.3. The highest BCUT2D eigenvalue weighted by Crippen LogP contribution is 2.16. The van der Waals surface area contributed by atoms with Crippen molar-refractivity contribution in [1.82, 2.24) is 4.90 Å². The van der Waals surface area contributed by atoms with Gasteiger partial charge >= 0.3 is 6.09 Å². The SMILES string of the molecule is CCCCCCCC(CCCC)OC(=O)N(C)C[C@H](O)[C@@H](O)[C@H](O)[C@H](O)CO. The monoisotopic (exact) mass is 407 g/mol. The van der Waals surface area contributed by atoms with E-state index in [1.165, 1.54) is 26.3 Å². The molecule has 5 atom stereocenters. The van der Waals surface area contributed by atoms with Gasteiger partial charge in [-0.15, -0.1) is 0 Å². The molecule has 0 spiro atoms. The first kappa shape index (κ1) is 27.1. The molecule has 0 aromatic heterocycles. The summed E-state index contributed by atoms with van der Waals surface area (Å²) >= 11 is 0. The second-order valence-corrected chi connectivity index (χ2v) is 7.53. The van der Waals surface area contributed by atoms with Gasteiger partial charge in [0.25, 0.3) is 0 Å². The first-order valence-corrected chi connectivity index (χ1v) is 10.5. The van der Waals surface area contributed by atoms with E-state index < -0.39 is 37.1 Å². The van der Waals surface area contributed by atoms with Crippen LogP contribution in [0.1, 0.15) is 71.6 Å². The number of amides is 1. The van der Waals surface area contributed by atoms with E-state index in [-0.39, 0.29) is 12.6 Å². The fourth-order valence-electron chi connectivity index (χ4n) is 2.93. The van der Waals surface area contributed by atoms with Crippen LogP contribution in [0.4, 0.5) is 4.79 Å². The zero-order valence-electron chi connectivity index (χ0n) is 17.7. The van der Waals surface area contributed by atoms with E-state index in [1.54, 1.807) is 0 Å². The summed E-state index contributed by atoms with van der Waals surface area (Å²) in [6.07, 6.45) is 1.97. The Balaban J connectivity index is 4.52. The molecule has 0 aliphatic heterocycles. The van der Waals surface area contributed by atoms with Crippen molar-refractivity contribution in [3.8, 4) is 0 Å². The molecular weight excluding hydrogens is 366 g/mol. The topological polar surface area (TPSA) is 131 Å². The Morgan fingerprint density at radius 1 is 0.857 bits per heavy atom. The third-order valence-corrected chi connectivity index (χ3v) is 4.87. The highest BCUT2D eigenvalue weighted by Gasteiger charge is 2.31. The summed E-state index contributed by atoms with van der Waals surface area (Å²) in [5.41, 5.74) is 0. The Morgan fingerprint density at radius 3 is 1.96 bits per heavy atom. The van der Waals surface area contributed by atoms with Gasteiger partial charge in [0.1, 0.15) is 30.5 Å². The predicted molar refractivity (Wildman–Crippen MR) is 107 cm³/mol. The number of ether oxygens (including phenoxy) is 1. The minimum Gasteiger partial charge on any atom is -0.446 e. The highest BCUT2D eigenvalue weighted by atomic mass is 16.6. The number of unbranched alkanes of at least 4 members (excludes halogenated alkanes) is 5. The van der Waals surface area contributed by atoms with Crippen molar-refractivity contribution in [2.45, 2.75) is 102 Å². The number of nitrogens with zero attached hydrogens (tertiary/aromatic N) is 1. The maximum Gasteiger partial charge on any atom is 0.409 e. The van der Waals surface area contributed by atoms with Gasteiger partial charge in [-0.2, -0.15) is 0 Å². The van der Waals surface area contributed by atoms with Crippen LogP contribution in [0.3, 0.4) is 0 Å². The molecule has 5 N–H and O–H groups in total. The fraction of sp³-hybridized carbons (Fsp3) is 0.950. The van der Waals surface area contributed by atoms with Crippen molar-refractivity contribution in [2.75, 3.05) is 20.2 Å². The number of aliphatic hydroxyl groups is 5. The standard InChI is InChI=1S/C20H41NO7/c1-4-6-8-9-10-12-15(11-7-5-2)28-20(27)21(3)13-16(23)18(25)19(26)17(24)14-22/h15-19,22-26H,4-14H2,1-3H3/t15?,16-,17+,18+,19+/m0/s1. The minimum atomic E-state index is -1.72. The van der Waals surface area contributed by atoms with Crippen molar-refractivity contribution in [2.24, 2.45) is 0 Å². The number of rotatable bonds is 16. The molecule has 0 fully saturated rings. The van der Waals surface area contributed by atoms with E-state index in [9.17, 15) is 25.2 Å². The van der Waals surface area contributed by atoms with Gasteiger partial charge in [-0.05, 0) is 19.3 Å². The highest BCUT2D eigenvalue weighted by molar-refractivity contribution is 5.67. The van der Waals surface area contributed by atoms with Gasteiger partial charge in [-0.3, -0.25) is 0 Å². The van der Waals surface area contributed by atoms with Crippen molar-refractivity contribution in [3.63, 3.8) is 0 Å². The second-order valence-electron chi connectivity index (χ2n) is 7.53. The molecule has 0 aromatic rings. The Bertz CT molecular complexity index is 397. The van der Waals surface area contributed by atoms with Gasteiger partial charge < -0.3 is 35.2 Å². The summed E-state index contributed by atoms with van der Waals surface area (Å²) in [5, 5.41) is 47.7. The van der Waals surface area contributed by atoms with Gasteiger partial charge in [0, 0.05) is 7.05 Å². The molecule has 0 heterocycles. The molecule has 0 saturated carbocycles. The third kappa shape index (κ3) is 11.2. The van der Waals surface area contributed by atoms with E-state index in [2.05, 4.69) is 13.8 Å². The molecule has 28 heavy (non-hydrogen) atoms. The van der Waals surface area contributed by atoms with Gasteiger partial charge in [0.05, 0.1) is 13.2 Å². The summed E-state index contributed by atoms with van der Waals surface area (Å²) in [7, 11) is 1.44. The van der Waals surface area contributed by atoms with Crippen LogP contribution in [0.15, 0.2) is 0 Å². The maximum atomic E-state index is 12.3. The number of aliphatic hydroxyl groups excluding tert-OH is 5. The molecule has 0 aliphatic rings. The largest absolute Gasteiger partial charge is 0.446 e. The molecule has 8 nitrogen and oxygen atoms in total. The van der Waals surface area contributed by atoms with Crippen molar-refractivity contribution >= 4 is 6.09 Å². The van der Waals surface area contributed by atoms with Crippen molar-refractivity contribution in [3.05, 3.63) is 0 Å². The molecule has 0 saturated heterocycles. The Morgan fingerprint density at radius 2 is 1.39 bits per heavy atom. The van der Waals surface area contributed by atoms with E-state index in [0.717, 1.165) is 43.4 Å². The van der Waals surface area contributed by atoms with Gasteiger partial charge in [-0.1, -0.05) is 52.4 Å². The number of hydrogen-bond acceptors (Lipinski definition) is 7. The molecule has 8 heteroatoms. The summed E-state index contributed by atoms with van der Waals surface area (Å²) < 4.78 is 5.57. The molecule has 0 aliphatic carbocycles. The van der Waals surface area contributed by atoms with Crippen molar-refractivity contribution < 1.29 is 35.1 Å². The number of likely N-dealkylation sites (N-methyl/N-ethyl adjacent to an activating group) is 1. The fourth-order valence-corrected chi connectivity index (χ4v) is 2.93. The van der Waals surface area contributed by atoms with Crippen LogP contribution in [-0.4, -0.2) is 87.2 Å². The van der Waals surface area contributed by atoms with E-state index >= 15 is 0 Å². The van der Waals surface area contributed by atoms with E-state index in [1.807, 2.05) is 0 Å². The van der Waals surface area contributed by atoms with Crippen LogP contribution in [0.25, 0.3) is 0 Å². The molecule has 0 bridgehead atoms. The molecule has 1 amide bonds. The lowest BCUT2D eigenvalue weighted by atomic mass is 10.0. The second kappa shape index (κ2) is 15.9. The van der Waals surface area contributed by atoms with E-state index in [4.69, 9.17) is 9.84 Å². The van der Waals surface area contributed by atoms with E-state index in [0.29, 0.717) is 0 Å². The average Bonchev–Trinajstić information content (AvgIpc) is 2.69. The molecule has 168 valence electrons. The van der Waals surface area contributed by atoms with Crippen LogP contribution < -0.4 is 0 Å². The summed E-state index contributed by atoms with van der Waals surface area (Å²) in [6, 6.07) is 0. The van der Waals surface area contributed by atoms with Crippen LogP contribution in [0, 0.1) is 0 Å². The molecule has 0 rings (SSSR count). The maximum absolute atomic E-state index is 12.3. The summed E-state index contributed by atoms with van der Waals surface area (Å²) in [6.45, 7) is 3.22. The van der Waals surface area contributed by atoms with Crippen molar-refractivity contribution in [1.29, 1.82) is 0 Å². The van der Waals surface area contributed by atoms with Crippen LogP contribution in [0.2, 0.25) is 0 Å². The van der Waals surface area contributed by atoms with Crippen LogP contribution in [-0.2, 0) is 4.74 Å². The zero-order valence-corrected chi connectivity index (χ0v) is 17.7. The smallest absolute Gasteiger partial charge is 0.409 e. The lowest BCUT2D eigenvalue weighted by Gasteiger charge is -2.29. The molecule has 0 radical (unpaired) electrons. The summed E-state index contributed by atoms with van der Waals surface area (Å²) in [4.78, 5) is 13.5. The minimum absolute atomic E-state index is 0.180. The first-order valence-electron chi connectivity index (χ1n) is 10.5. The molecule has 1 unspecified atom stereocenters. The molecule has 0 aromatic carbocycles. The normalized spacial score (nSPS) is 16.9. The Labute approximate surface area is 169 Å². The Kier molecular flexibility index (Phi) is 15.4. The quantitative estimate of drug-likeness (QED) is 0.245. The predicted octanol–water partition coefficient (Wildman–Crippen LogP) is 1.41. The lowest BCUT2D eigenvalue weighted by molar-refractivity contribution is -0.118. The van der Waals surface area contributed by atoms with Gasteiger partial charge in [0.15, 0.2) is 0 Å². The zero-order chi connectivity index (χ0) is 21.5. The number of hydrogen-bond donors (Lipinski definition) is 5. The lowest BCUT2D eigenvalue weighted by Crippen LogP contribution is -2.50. The Hall–Kier alpha value is -0.930.